The minimum atomic E-state index is -0.597. The molecule has 0 aliphatic rings. The highest BCUT2D eigenvalue weighted by atomic mass is 35.5. The molecule has 2 N–H and O–H groups in total. The molecule has 0 fully saturated rings. The number of likely N-dealkylation sites (N-methyl/N-ethyl adjacent to an activating group) is 1. The van der Waals surface area contributed by atoms with Gasteiger partial charge in [-0.3, -0.25) is 4.79 Å². The minimum Gasteiger partial charge on any atom is -0.492 e. The van der Waals surface area contributed by atoms with Gasteiger partial charge >= 0.3 is 0 Å². The standard InChI is InChI=1S/C13H19ClN2O3.ClH/c1-16(13(17)12(9-15)18-2)7-8-19-11-5-3-10(14)4-6-11;/h3-6,12H,7-9,15H2,1-2H3;1H. The maximum absolute atomic E-state index is 11.8. The number of hydrogen-bond acceptors (Lipinski definition) is 4. The molecule has 114 valence electrons. The molecule has 1 rings (SSSR count). The van der Waals surface area contributed by atoms with Crippen molar-refractivity contribution in [2.75, 3.05) is 33.9 Å². The Kier molecular flexibility index (Phi) is 9.33. The first-order valence-corrected chi connectivity index (χ1v) is 6.32. The number of ether oxygens (including phenoxy) is 2. The van der Waals surface area contributed by atoms with Crippen molar-refractivity contribution in [3.8, 4) is 5.75 Å². The lowest BCUT2D eigenvalue weighted by Gasteiger charge is -2.22. The van der Waals surface area contributed by atoms with Crippen molar-refractivity contribution in [1.82, 2.24) is 4.90 Å². The van der Waals surface area contributed by atoms with E-state index in [9.17, 15) is 4.79 Å². The van der Waals surface area contributed by atoms with Crippen molar-refractivity contribution in [3.63, 3.8) is 0 Å². The van der Waals surface area contributed by atoms with Gasteiger partial charge in [0.15, 0.2) is 0 Å². The number of hydrogen-bond donors (Lipinski definition) is 1. The van der Waals surface area contributed by atoms with E-state index in [2.05, 4.69) is 0 Å². The fraction of sp³-hybridized carbons (Fsp3) is 0.462. The van der Waals surface area contributed by atoms with Crippen LogP contribution in [0.15, 0.2) is 24.3 Å². The number of carbonyl (C=O) groups is 1. The Labute approximate surface area is 130 Å². The van der Waals surface area contributed by atoms with Crippen LogP contribution in [0, 0.1) is 0 Å². The van der Waals surface area contributed by atoms with Gasteiger partial charge in [-0.15, -0.1) is 12.4 Å². The first-order chi connectivity index (χ1) is 9.08. The molecule has 0 aliphatic heterocycles. The maximum Gasteiger partial charge on any atom is 0.252 e. The average Bonchev–Trinajstić information content (AvgIpc) is 2.42. The lowest BCUT2D eigenvalue weighted by Crippen LogP contribution is -2.43. The number of halogens is 2. The van der Waals surface area contributed by atoms with E-state index >= 15 is 0 Å². The Morgan fingerprint density at radius 1 is 1.40 bits per heavy atom. The van der Waals surface area contributed by atoms with Crippen molar-refractivity contribution in [2.45, 2.75) is 6.10 Å². The fourth-order valence-corrected chi connectivity index (χ4v) is 1.61. The molecule has 0 heterocycles. The molecule has 0 bridgehead atoms. The van der Waals surface area contributed by atoms with Gasteiger partial charge < -0.3 is 20.1 Å². The van der Waals surface area contributed by atoms with Crippen LogP contribution in [-0.2, 0) is 9.53 Å². The summed E-state index contributed by atoms with van der Waals surface area (Å²) in [5.74, 6) is 0.567. The molecular formula is C13H20Cl2N2O3. The molecule has 0 spiro atoms. The Balaban J connectivity index is 0.00000361. The Morgan fingerprint density at radius 2 is 2.00 bits per heavy atom. The van der Waals surface area contributed by atoms with Gasteiger partial charge in [-0.05, 0) is 24.3 Å². The number of amides is 1. The molecule has 1 atom stereocenters. The van der Waals surface area contributed by atoms with Crippen LogP contribution >= 0.6 is 24.0 Å². The summed E-state index contributed by atoms with van der Waals surface area (Å²) in [6, 6.07) is 7.06. The maximum atomic E-state index is 11.8. The molecule has 1 aromatic rings. The first-order valence-electron chi connectivity index (χ1n) is 5.94. The summed E-state index contributed by atoms with van der Waals surface area (Å²) in [7, 11) is 3.16. The van der Waals surface area contributed by atoms with E-state index in [1.807, 2.05) is 0 Å². The second-order valence-corrected chi connectivity index (χ2v) is 4.46. The van der Waals surface area contributed by atoms with Crippen LogP contribution < -0.4 is 10.5 Å². The molecule has 1 amide bonds. The Hall–Kier alpha value is -1.01. The average molecular weight is 323 g/mol. The van der Waals surface area contributed by atoms with Crippen molar-refractivity contribution in [3.05, 3.63) is 29.3 Å². The molecule has 5 nitrogen and oxygen atoms in total. The van der Waals surface area contributed by atoms with Gasteiger partial charge in [0.1, 0.15) is 18.5 Å². The van der Waals surface area contributed by atoms with Crippen LogP contribution in [0.5, 0.6) is 5.75 Å². The molecule has 7 heteroatoms. The van der Waals surface area contributed by atoms with Crippen molar-refractivity contribution in [2.24, 2.45) is 5.73 Å². The second kappa shape index (κ2) is 9.83. The van der Waals surface area contributed by atoms with Gasteiger partial charge in [0.25, 0.3) is 5.91 Å². The van der Waals surface area contributed by atoms with E-state index in [4.69, 9.17) is 26.8 Å². The van der Waals surface area contributed by atoms with Gasteiger partial charge in [0.05, 0.1) is 6.54 Å². The summed E-state index contributed by atoms with van der Waals surface area (Å²) < 4.78 is 10.5. The monoisotopic (exact) mass is 322 g/mol. The molecule has 1 aromatic carbocycles. The largest absolute Gasteiger partial charge is 0.492 e. The van der Waals surface area contributed by atoms with E-state index in [0.717, 1.165) is 0 Å². The summed E-state index contributed by atoms with van der Waals surface area (Å²) in [6.07, 6.45) is -0.597. The van der Waals surface area contributed by atoms with Gasteiger partial charge in [-0.2, -0.15) is 0 Å². The molecular weight excluding hydrogens is 303 g/mol. The topological polar surface area (TPSA) is 64.8 Å². The number of nitrogens with zero attached hydrogens (tertiary/aromatic N) is 1. The third kappa shape index (κ3) is 5.96. The highest BCUT2D eigenvalue weighted by molar-refractivity contribution is 6.30. The van der Waals surface area contributed by atoms with Crippen LogP contribution in [-0.4, -0.2) is 50.8 Å². The summed E-state index contributed by atoms with van der Waals surface area (Å²) in [6.45, 7) is 1.02. The third-order valence-electron chi connectivity index (χ3n) is 2.66. The Morgan fingerprint density at radius 3 is 2.50 bits per heavy atom. The smallest absolute Gasteiger partial charge is 0.252 e. The van der Waals surface area contributed by atoms with Crippen LogP contribution in [0.25, 0.3) is 0 Å². The van der Waals surface area contributed by atoms with E-state index in [1.54, 1.807) is 31.3 Å². The molecule has 1 unspecified atom stereocenters. The van der Waals surface area contributed by atoms with Crippen molar-refractivity contribution < 1.29 is 14.3 Å². The molecule has 0 aliphatic carbocycles. The zero-order valence-corrected chi connectivity index (χ0v) is 13.1. The SMILES string of the molecule is COC(CN)C(=O)N(C)CCOc1ccc(Cl)cc1.Cl. The molecule has 0 saturated heterocycles. The van der Waals surface area contributed by atoms with E-state index in [1.165, 1.54) is 12.0 Å². The molecule has 0 radical (unpaired) electrons. The predicted octanol–water partition coefficient (Wildman–Crippen LogP) is 1.57. The molecule has 0 aromatic heterocycles. The lowest BCUT2D eigenvalue weighted by molar-refractivity contribution is -0.140. The highest BCUT2D eigenvalue weighted by Gasteiger charge is 2.19. The fourth-order valence-electron chi connectivity index (χ4n) is 1.49. The summed E-state index contributed by atoms with van der Waals surface area (Å²) in [5, 5.41) is 0.658. The highest BCUT2D eigenvalue weighted by Crippen LogP contribution is 2.15. The number of carbonyl (C=O) groups excluding carboxylic acids is 1. The minimum absolute atomic E-state index is 0. The van der Waals surface area contributed by atoms with E-state index < -0.39 is 6.10 Å². The second-order valence-electron chi connectivity index (χ2n) is 4.02. The van der Waals surface area contributed by atoms with Crippen LogP contribution in [0.3, 0.4) is 0 Å². The van der Waals surface area contributed by atoms with Gasteiger partial charge in [-0.25, -0.2) is 0 Å². The molecule has 0 saturated carbocycles. The number of methoxy groups -OCH3 is 1. The van der Waals surface area contributed by atoms with Crippen molar-refractivity contribution in [1.29, 1.82) is 0 Å². The number of benzene rings is 1. The third-order valence-corrected chi connectivity index (χ3v) is 2.91. The summed E-state index contributed by atoms with van der Waals surface area (Å²) in [5.41, 5.74) is 5.44. The van der Waals surface area contributed by atoms with Crippen LogP contribution in [0.2, 0.25) is 5.02 Å². The first kappa shape index (κ1) is 19.0. The van der Waals surface area contributed by atoms with Gasteiger partial charge in [-0.1, -0.05) is 11.6 Å². The summed E-state index contributed by atoms with van der Waals surface area (Å²) >= 11 is 5.77. The van der Waals surface area contributed by atoms with Gasteiger partial charge in [0, 0.05) is 25.7 Å². The van der Waals surface area contributed by atoms with Crippen LogP contribution in [0.1, 0.15) is 0 Å². The Bertz CT molecular complexity index is 397. The number of nitrogens with two attached hydrogens (primary N) is 1. The zero-order chi connectivity index (χ0) is 14.3. The molecule has 20 heavy (non-hydrogen) atoms. The lowest BCUT2D eigenvalue weighted by atomic mass is 10.3. The predicted molar refractivity (Wildman–Crippen MR) is 81.7 cm³/mol. The van der Waals surface area contributed by atoms with Crippen molar-refractivity contribution >= 4 is 29.9 Å². The summed E-state index contributed by atoms with van der Waals surface area (Å²) in [4.78, 5) is 13.4. The zero-order valence-electron chi connectivity index (χ0n) is 11.5. The van der Waals surface area contributed by atoms with E-state index in [0.29, 0.717) is 23.9 Å². The van der Waals surface area contributed by atoms with Gasteiger partial charge in [0.2, 0.25) is 0 Å². The normalized spacial score (nSPS) is 11.4. The van der Waals surface area contributed by atoms with E-state index in [-0.39, 0.29) is 24.9 Å². The quantitative estimate of drug-likeness (QED) is 0.827. The van der Waals surface area contributed by atoms with Crippen LogP contribution in [0.4, 0.5) is 0 Å². The number of rotatable bonds is 7.